The minimum Gasteiger partial charge on any atom is -0.343 e. The molecule has 0 aromatic heterocycles. The summed E-state index contributed by atoms with van der Waals surface area (Å²) >= 11 is 0. The molecule has 3 heteroatoms. The molecule has 2 aromatic rings. The van der Waals surface area contributed by atoms with Crippen molar-refractivity contribution in [2.24, 2.45) is 0 Å². The number of hydrogen-bond acceptors (Lipinski definition) is 1. The molecule has 0 heterocycles. The SMILES string of the molecule is O=[PH](O)c1ccc(-c2ccccc2)cc1. The molecule has 0 aliphatic rings. The van der Waals surface area contributed by atoms with Crippen molar-refractivity contribution in [1.29, 1.82) is 0 Å². The Hall–Kier alpha value is -1.37. The molecule has 2 rings (SSSR count). The third-order valence-electron chi connectivity index (χ3n) is 2.24. The largest absolute Gasteiger partial charge is 0.343 e. The van der Waals surface area contributed by atoms with Crippen molar-refractivity contribution in [3.63, 3.8) is 0 Å². The number of hydrogen-bond donors (Lipinski definition) is 1. The van der Waals surface area contributed by atoms with Crippen molar-refractivity contribution >= 4 is 13.3 Å². The summed E-state index contributed by atoms with van der Waals surface area (Å²) < 4.78 is 10.8. The zero-order valence-electron chi connectivity index (χ0n) is 8.05. The van der Waals surface area contributed by atoms with E-state index < -0.39 is 8.03 Å². The summed E-state index contributed by atoms with van der Waals surface area (Å²) in [4.78, 5) is 8.93. The van der Waals surface area contributed by atoms with Gasteiger partial charge in [-0.15, -0.1) is 0 Å². The molecule has 2 aromatic carbocycles. The van der Waals surface area contributed by atoms with Crippen LogP contribution in [0.5, 0.6) is 0 Å². The molecule has 2 nitrogen and oxygen atoms in total. The van der Waals surface area contributed by atoms with Gasteiger partial charge in [-0.05, 0) is 23.3 Å². The molecule has 0 radical (unpaired) electrons. The third kappa shape index (κ3) is 2.35. The van der Waals surface area contributed by atoms with Gasteiger partial charge in [0.1, 0.15) is 0 Å². The van der Waals surface area contributed by atoms with Crippen LogP contribution in [-0.2, 0) is 4.57 Å². The van der Waals surface area contributed by atoms with E-state index in [9.17, 15) is 4.57 Å². The average molecular weight is 218 g/mol. The molecule has 0 saturated heterocycles. The number of benzene rings is 2. The zero-order valence-corrected chi connectivity index (χ0v) is 9.05. The third-order valence-corrected chi connectivity index (χ3v) is 3.07. The van der Waals surface area contributed by atoms with Crippen LogP contribution in [0.2, 0.25) is 0 Å². The highest BCUT2D eigenvalue weighted by atomic mass is 31.1. The Morgan fingerprint density at radius 3 is 1.87 bits per heavy atom. The number of rotatable bonds is 2. The van der Waals surface area contributed by atoms with Crippen molar-refractivity contribution < 1.29 is 9.46 Å². The molecular weight excluding hydrogens is 207 g/mol. The van der Waals surface area contributed by atoms with E-state index in [1.54, 1.807) is 12.1 Å². The normalized spacial score (nSPS) is 12.3. The molecule has 0 aliphatic heterocycles. The van der Waals surface area contributed by atoms with Crippen LogP contribution in [0.1, 0.15) is 0 Å². The van der Waals surface area contributed by atoms with E-state index in [4.69, 9.17) is 4.89 Å². The molecule has 0 saturated carbocycles. The van der Waals surface area contributed by atoms with Crippen molar-refractivity contribution in [1.82, 2.24) is 0 Å². The highest BCUT2D eigenvalue weighted by Gasteiger charge is 1.99. The maximum atomic E-state index is 10.8. The molecule has 76 valence electrons. The van der Waals surface area contributed by atoms with Crippen LogP contribution in [-0.4, -0.2) is 4.89 Å². The summed E-state index contributed by atoms with van der Waals surface area (Å²) in [6.07, 6.45) is 0. The molecule has 1 N–H and O–H groups in total. The van der Waals surface area contributed by atoms with Crippen LogP contribution in [0.3, 0.4) is 0 Å². The lowest BCUT2D eigenvalue weighted by Gasteiger charge is -2.01. The summed E-state index contributed by atoms with van der Waals surface area (Å²) in [5.74, 6) is 0. The molecule has 15 heavy (non-hydrogen) atoms. The fourth-order valence-corrected chi connectivity index (χ4v) is 1.89. The zero-order chi connectivity index (χ0) is 10.7. The lowest BCUT2D eigenvalue weighted by atomic mass is 10.1. The summed E-state index contributed by atoms with van der Waals surface area (Å²) in [6, 6.07) is 17.1. The van der Waals surface area contributed by atoms with Crippen LogP contribution in [0, 0.1) is 0 Å². The summed E-state index contributed by atoms with van der Waals surface area (Å²) in [5.41, 5.74) is 2.17. The van der Waals surface area contributed by atoms with Crippen molar-refractivity contribution in [3.8, 4) is 11.1 Å². The summed E-state index contributed by atoms with van der Waals surface area (Å²) in [5, 5.41) is 0.500. The van der Waals surface area contributed by atoms with Crippen molar-refractivity contribution in [3.05, 3.63) is 54.6 Å². The smallest absolute Gasteiger partial charge is 0.218 e. The maximum absolute atomic E-state index is 10.8. The van der Waals surface area contributed by atoms with Crippen LogP contribution in [0.25, 0.3) is 11.1 Å². The monoisotopic (exact) mass is 218 g/mol. The van der Waals surface area contributed by atoms with E-state index in [-0.39, 0.29) is 0 Å². The van der Waals surface area contributed by atoms with Crippen molar-refractivity contribution in [2.45, 2.75) is 0 Å². The van der Waals surface area contributed by atoms with Gasteiger partial charge in [-0.2, -0.15) is 0 Å². The fraction of sp³-hybridized carbons (Fsp3) is 0. The average Bonchev–Trinajstić information content (AvgIpc) is 2.30. The molecule has 0 aliphatic carbocycles. The van der Waals surface area contributed by atoms with Crippen molar-refractivity contribution in [2.75, 3.05) is 0 Å². The first-order chi connectivity index (χ1) is 7.27. The van der Waals surface area contributed by atoms with Gasteiger partial charge in [0.15, 0.2) is 0 Å². The highest BCUT2D eigenvalue weighted by molar-refractivity contribution is 7.47. The lowest BCUT2D eigenvalue weighted by molar-refractivity contribution is 0.513. The maximum Gasteiger partial charge on any atom is 0.218 e. The molecule has 0 bridgehead atoms. The first-order valence-electron chi connectivity index (χ1n) is 4.66. The molecule has 0 spiro atoms. The Bertz CT molecular complexity index is 463. The minimum atomic E-state index is -2.56. The Kier molecular flexibility index (Phi) is 3.00. The van der Waals surface area contributed by atoms with E-state index >= 15 is 0 Å². The van der Waals surface area contributed by atoms with Gasteiger partial charge < -0.3 is 4.89 Å². The molecule has 1 unspecified atom stereocenters. The highest BCUT2D eigenvalue weighted by Crippen LogP contribution is 2.20. The summed E-state index contributed by atoms with van der Waals surface area (Å²) in [6.45, 7) is 0. The van der Waals surface area contributed by atoms with Gasteiger partial charge in [-0.25, -0.2) is 0 Å². The van der Waals surface area contributed by atoms with Gasteiger partial charge in [0.05, 0.1) is 0 Å². The first-order valence-corrected chi connectivity index (χ1v) is 6.02. The fourth-order valence-electron chi connectivity index (χ4n) is 1.44. The van der Waals surface area contributed by atoms with Crippen LogP contribution < -0.4 is 5.30 Å². The van der Waals surface area contributed by atoms with E-state index in [0.29, 0.717) is 5.30 Å². The Balaban J connectivity index is 2.36. The predicted octanol–water partition coefficient (Wildman–Crippen LogP) is 2.45. The quantitative estimate of drug-likeness (QED) is 0.786. The Morgan fingerprint density at radius 2 is 1.33 bits per heavy atom. The van der Waals surface area contributed by atoms with Gasteiger partial charge >= 0.3 is 0 Å². The molecule has 1 atom stereocenters. The molecular formula is C12H11O2P. The molecule has 0 amide bonds. The van der Waals surface area contributed by atoms with Crippen LogP contribution in [0.15, 0.2) is 54.6 Å². The first kappa shape index (κ1) is 10.2. The van der Waals surface area contributed by atoms with E-state index in [0.717, 1.165) is 11.1 Å². The van der Waals surface area contributed by atoms with Gasteiger partial charge in [0.25, 0.3) is 0 Å². The second kappa shape index (κ2) is 4.43. The summed E-state index contributed by atoms with van der Waals surface area (Å²) in [7, 11) is -2.56. The van der Waals surface area contributed by atoms with Gasteiger partial charge in [-0.1, -0.05) is 42.5 Å². The second-order valence-electron chi connectivity index (χ2n) is 3.25. The Morgan fingerprint density at radius 1 is 0.800 bits per heavy atom. The van der Waals surface area contributed by atoms with Gasteiger partial charge in [0.2, 0.25) is 8.03 Å². The van der Waals surface area contributed by atoms with Gasteiger partial charge in [0, 0.05) is 5.30 Å². The van der Waals surface area contributed by atoms with E-state index in [1.165, 1.54) is 0 Å². The van der Waals surface area contributed by atoms with E-state index in [1.807, 2.05) is 42.5 Å². The standard InChI is InChI=1S/C12H11O2P/c13-15(14)12-8-6-11(7-9-12)10-4-2-1-3-5-10/h1-9,15H,(H,13,14). The Labute approximate surface area is 89.1 Å². The van der Waals surface area contributed by atoms with Crippen LogP contribution >= 0.6 is 8.03 Å². The topological polar surface area (TPSA) is 37.3 Å². The minimum absolute atomic E-state index is 0.500. The van der Waals surface area contributed by atoms with E-state index in [2.05, 4.69) is 0 Å². The second-order valence-corrected chi connectivity index (χ2v) is 4.44. The predicted molar refractivity (Wildman–Crippen MR) is 62.7 cm³/mol. The molecule has 0 fully saturated rings. The van der Waals surface area contributed by atoms with Crippen LogP contribution in [0.4, 0.5) is 0 Å². The lowest BCUT2D eigenvalue weighted by Crippen LogP contribution is -1.93. The van der Waals surface area contributed by atoms with Gasteiger partial charge in [-0.3, -0.25) is 4.57 Å².